The minimum Gasteiger partial charge on any atom is -0.494 e. The molecule has 1 aliphatic heterocycles. The Kier molecular flexibility index (Phi) is 7.53. The van der Waals surface area contributed by atoms with Crippen molar-refractivity contribution >= 4 is 0 Å². The fraction of sp³-hybridized carbons (Fsp3) is 0.550. The Morgan fingerprint density at radius 1 is 1.21 bits per heavy atom. The second-order valence-electron chi connectivity index (χ2n) is 7.09. The number of aromatic nitrogens is 4. The first-order valence-electron chi connectivity index (χ1n) is 10.0. The number of methoxy groups -OCH3 is 1. The van der Waals surface area contributed by atoms with Gasteiger partial charge in [-0.2, -0.15) is 0 Å². The molecule has 28 heavy (non-hydrogen) atoms. The van der Waals surface area contributed by atoms with Gasteiger partial charge in [0.1, 0.15) is 31.9 Å². The number of nitrogens with one attached hydrogen (secondary N) is 2. The van der Waals surface area contributed by atoms with Crippen LogP contribution < -0.4 is 14.5 Å². The van der Waals surface area contributed by atoms with Gasteiger partial charge in [-0.05, 0) is 47.7 Å². The molecule has 1 atom stereocenters. The summed E-state index contributed by atoms with van der Waals surface area (Å²) >= 11 is 0. The van der Waals surface area contributed by atoms with E-state index in [1.54, 1.807) is 12.0 Å². The average Bonchev–Trinajstić information content (AvgIpc) is 3.18. The summed E-state index contributed by atoms with van der Waals surface area (Å²) in [5.74, 6) is 1.78. The monoisotopic (exact) mass is 388 g/mol. The number of benzene rings is 1. The van der Waals surface area contributed by atoms with Crippen molar-refractivity contribution in [1.82, 2.24) is 20.2 Å². The molecule has 0 spiro atoms. The molecule has 3 rings (SSSR count). The van der Waals surface area contributed by atoms with Crippen LogP contribution in [-0.2, 0) is 11.3 Å². The number of tetrazole rings is 1. The highest BCUT2D eigenvalue weighted by molar-refractivity contribution is 5.30. The van der Waals surface area contributed by atoms with E-state index in [1.807, 2.05) is 29.8 Å². The van der Waals surface area contributed by atoms with Crippen molar-refractivity contribution in [3.8, 4) is 5.75 Å². The van der Waals surface area contributed by atoms with E-state index in [9.17, 15) is 0 Å². The Balaban J connectivity index is 1.86. The number of ether oxygens (including phenoxy) is 2. The molecule has 0 unspecified atom stereocenters. The van der Waals surface area contributed by atoms with Gasteiger partial charge in [-0.25, -0.2) is 4.68 Å². The van der Waals surface area contributed by atoms with E-state index in [-0.39, 0.29) is 6.04 Å². The molecule has 152 valence electrons. The maximum atomic E-state index is 5.61. The number of nitrogens with zero attached hydrogens (tertiary/aromatic N) is 4. The molecular weight excluding hydrogens is 356 g/mol. The van der Waals surface area contributed by atoms with Crippen molar-refractivity contribution in [3.05, 3.63) is 48.3 Å². The predicted molar refractivity (Wildman–Crippen MR) is 106 cm³/mol. The van der Waals surface area contributed by atoms with Gasteiger partial charge in [0.15, 0.2) is 6.04 Å². The SMILES string of the molecule is C=CC[NH+]1CC[NH+]([C@H](c2ccc(OCC)cc2)c2nnnn2CCOC)CC1. The van der Waals surface area contributed by atoms with Crippen molar-refractivity contribution in [2.75, 3.05) is 53.0 Å². The van der Waals surface area contributed by atoms with Crippen molar-refractivity contribution in [2.24, 2.45) is 0 Å². The van der Waals surface area contributed by atoms with Crippen molar-refractivity contribution < 1.29 is 19.3 Å². The highest BCUT2D eigenvalue weighted by Gasteiger charge is 2.35. The second kappa shape index (κ2) is 10.3. The molecule has 1 aromatic carbocycles. The first-order valence-corrected chi connectivity index (χ1v) is 10.0. The van der Waals surface area contributed by atoms with Crippen LogP contribution >= 0.6 is 0 Å². The Morgan fingerprint density at radius 2 is 1.96 bits per heavy atom. The van der Waals surface area contributed by atoms with E-state index < -0.39 is 0 Å². The van der Waals surface area contributed by atoms with E-state index in [2.05, 4.69) is 34.2 Å². The number of hydrogen-bond acceptors (Lipinski definition) is 5. The summed E-state index contributed by atoms with van der Waals surface area (Å²) in [5, 5.41) is 12.6. The third-order valence-electron chi connectivity index (χ3n) is 5.29. The molecule has 0 radical (unpaired) electrons. The predicted octanol–water partition coefficient (Wildman–Crippen LogP) is -1.22. The summed E-state index contributed by atoms with van der Waals surface area (Å²) in [5.41, 5.74) is 1.21. The number of hydrogen-bond donors (Lipinski definition) is 2. The molecule has 0 aliphatic carbocycles. The molecular formula is C20H32N6O2+2. The Labute approximate surface area is 166 Å². The number of piperazine rings is 1. The molecule has 1 fully saturated rings. The molecule has 2 N–H and O–H groups in total. The highest BCUT2D eigenvalue weighted by Crippen LogP contribution is 2.20. The minimum atomic E-state index is 0.0906. The Morgan fingerprint density at radius 3 is 2.61 bits per heavy atom. The topological polar surface area (TPSA) is 70.9 Å². The van der Waals surface area contributed by atoms with Crippen LogP contribution in [0.3, 0.4) is 0 Å². The van der Waals surface area contributed by atoms with E-state index in [1.165, 1.54) is 10.5 Å². The lowest BCUT2D eigenvalue weighted by Crippen LogP contribution is -3.28. The van der Waals surface area contributed by atoms with E-state index in [4.69, 9.17) is 9.47 Å². The van der Waals surface area contributed by atoms with Crippen LogP contribution in [0.2, 0.25) is 0 Å². The van der Waals surface area contributed by atoms with Crippen LogP contribution in [0.15, 0.2) is 36.9 Å². The van der Waals surface area contributed by atoms with Gasteiger partial charge < -0.3 is 19.3 Å². The van der Waals surface area contributed by atoms with Gasteiger partial charge in [-0.1, -0.05) is 6.58 Å². The normalized spacial score (nSPS) is 20.6. The standard InChI is InChI=1S/C20H30N6O2/c1-4-10-24-11-13-25(14-12-24)19(17-6-8-18(9-7-17)28-5-2)20-21-22-23-26(20)15-16-27-3/h4,6-9,19H,1,5,10-16H2,2-3H3/p+2/t19-/m1/s1. The summed E-state index contributed by atoms with van der Waals surface area (Å²) in [7, 11) is 1.70. The lowest BCUT2D eigenvalue weighted by Gasteiger charge is -2.34. The van der Waals surface area contributed by atoms with Crippen LogP contribution in [0, 0.1) is 0 Å². The Bertz CT molecular complexity index is 725. The fourth-order valence-electron chi connectivity index (χ4n) is 3.87. The van der Waals surface area contributed by atoms with E-state index in [0.717, 1.165) is 44.3 Å². The highest BCUT2D eigenvalue weighted by atomic mass is 16.5. The van der Waals surface area contributed by atoms with E-state index in [0.29, 0.717) is 19.8 Å². The molecule has 0 amide bonds. The van der Waals surface area contributed by atoms with Gasteiger partial charge in [-0.15, -0.1) is 5.10 Å². The van der Waals surface area contributed by atoms with Gasteiger partial charge >= 0.3 is 0 Å². The largest absolute Gasteiger partial charge is 0.494 e. The molecule has 8 nitrogen and oxygen atoms in total. The molecule has 1 aromatic heterocycles. The first-order chi connectivity index (χ1) is 13.8. The summed E-state index contributed by atoms with van der Waals surface area (Å²) in [6, 6.07) is 8.44. The molecule has 2 heterocycles. The molecule has 1 aliphatic rings. The smallest absolute Gasteiger partial charge is 0.214 e. The van der Waals surface area contributed by atoms with E-state index >= 15 is 0 Å². The van der Waals surface area contributed by atoms with Gasteiger partial charge in [0, 0.05) is 12.7 Å². The maximum absolute atomic E-state index is 5.61. The van der Waals surface area contributed by atoms with Crippen LogP contribution in [0.25, 0.3) is 0 Å². The van der Waals surface area contributed by atoms with Crippen molar-refractivity contribution in [2.45, 2.75) is 19.5 Å². The minimum absolute atomic E-state index is 0.0906. The van der Waals surface area contributed by atoms with Gasteiger partial charge in [0.25, 0.3) is 0 Å². The van der Waals surface area contributed by atoms with Crippen molar-refractivity contribution in [3.63, 3.8) is 0 Å². The summed E-state index contributed by atoms with van der Waals surface area (Å²) in [4.78, 5) is 3.08. The second-order valence-corrected chi connectivity index (χ2v) is 7.09. The average molecular weight is 389 g/mol. The zero-order chi connectivity index (χ0) is 19.8. The third-order valence-corrected chi connectivity index (χ3v) is 5.29. The van der Waals surface area contributed by atoms with Gasteiger partial charge in [0.2, 0.25) is 5.82 Å². The maximum Gasteiger partial charge on any atom is 0.214 e. The van der Waals surface area contributed by atoms with Crippen molar-refractivity contribution in [1.29, 1.82) is 0 Å². The lowest BCUT2D eigenvalue weighted by molar-refractivity contribution is -1.02. The quantitative estimate of drug-likeness (QED) is 0.499. The molecule has 1 saturated heterocycles. The first kappa shape index (κ1) is 20.4. The number of rotatable bonds is 10. The summed E-state index contributed by atoms with van der Waals surface area (Å²) < 4.78 is 12.7. The summed E-state index contributed by atoms with van der Waals surface area (Å²) in [6.07, 6.45) is 2.01. The Hall–Kier alpha value is -2.29. The zero-order valence-electron chi connectivity index (χ0n) is 16.9. The third kappa shape index (κ3) is 4.95. The lowest BCUT2D eigenvalue weighted by atomic mass is 10.0. The number of quaternary nitrogens is 2. The molecule has 8 heteroatoms. The van der Waals surface area contributed by atoms with Gasteiger partial charge in [0.05, 0.1) is 26.3 Å². The molecule has 2 aromatic rings. The summed E-state index contributed by atoms with van der Waals surface area (Å²) in [6.45, 7) is 13.2. The zero-order valence-corrected chi connectivity index (χ0v) is 16.9. The van der Waals surface area contributed by atoms with Crippen LogP contribution in [0.5, 0.6) is 5.75 Å². The molecule has 0 bridgehead atoms. The molecule has 0 saturated carbocycles. The van der Waals surface area contributed by atoms with Crippen LogP contribution in [0.1, 0.15) is 24.4 Å². The van der Waals surface area contributed by atoms with Crippen LogP contribution in [0.4, 0.5) is 0 Å². The van der Waals surface area contributed by atoms with Crippen LogP contribution in [-0.4, -0.2) is 73.3 Å². The van der Waals surface area contributed by atoms with Gasteiger partial charge in [-0.3, -0.25) is 0 Å². The fourth-order valence-corrected chi connectivity index (χ4v) is 3.87.